The first-order valence-electron chi connectivity index (χ1n) is 8.76. The van der Waals surface area contributed by atoms with Crippen LogP contribution in [0.3, 0.4) is 0 Å². The number of likely N-dealkylation sites (tertiary alicyclic amines) is 1. The lowest BCUT2D eigenvalue weighted by molar-refractivity contribution is -0.117. The van der Waals surface area contributed by atoms with Gasteiger partial charge < -0.3 is 5.32 Å². The van der Waals surface area contributed by atoms with Crippen molar-refractivity contribution in [3.8, 4) is 0 Å². The van der Waals surface area contributed by atoms with Crippen LogP contribution < -0.4 is 5.32 Å². The number of nitrogens with zero attached hydrogens (tertiary/aromatic N) is 2. The number of thiazole rings is 1. The van der Waals surface area contributed by atoms with Gasteiger partial charge in [0.25, 0.3) is 0 Å². The average molecular weight is 386 g/mol. The molecule has 26 heavy (non-hydrogen) atoms. The topological polar surface area (TPSA) is 45.2 Å². The van der Waals surface area contributed by atoms with Crippen molar-refractivity contribution in [1.29, 1.82) is 0 Å². The fraction of sp³-hybridized carbons (Fsp3) is 0.300. The molecule has 1 saturated heterocycles. The molecule has 2 heterocycles. The SMILES string of the molecule is Cc1ccc(NC(=O)CN2CCC[C@@H]2c2nc3ccccc3s2)c(Cl)c1. The van der Waals surface area contributed by atoms with Gasteiger partial charge in [0.05, 0.1) is 33.5 Å². The summed E-state index contributed by atoms with van der Waals surface area (Å²) in [7, 11) is 0. The summed E-state index contributed by atoms with van der Waals surface area (Å²) in [6, 6.07) is 14.1. The van der Waals surface area contributed by atoms with Crippen LogP contribution in [0.15, 0.2) is 42.5 Å². The lowest BCUT2D eigenvalue weighted by Gasteiger charge is -2.22. The summed E-state index contributed by atoms with van der Waals surface area (Å²) < 4.78 is 1.20. The number of benzene rings is 2. The lowest BCUT2D eigenvalue weighted by Crippen LogP contribution is -2.33. The number of carbonyl (C=O) groups is 1. The normalized spacial score (nSPS) is 17.7. The summed E-state index contributed by atoms with van der Waals surface area (Å²) >= 11 is 7.95. The summed E-state index contributed by atoms with van der Waals surface area (Å²) in [4.78, 5) is 19.5. The van der Waals surface area contributed by atoms with E-state index in [9.17, 15) is 4.79 Å². The van der Waals surface area contributed by atoms with Crippen LogP contribution in [0.5, 0.6) is 0 Å². The molecule has 0 aliphatic carbocycles. The highest BCUT2D eigenvalue weighted by molar-refractivity contribution is 7.18. The lowest BCUT2D eigenvalue weighted by atomic mass is 10.2. The van der Waals surface area contributed by atoms with Crippen molar-refractivity contribution in [2.45, 2.75) is 25.8 Å². The molecule has 2 aromatic carbocycles. The van der Waals surface area contributed by atoms with E-state index < -0.39 is 0 Å². The molecule has 4 nitrogen and oxygen atoms in total. The minimum atomic E-state index is -0.0382. The first-order valence-corrected chi connectivity index (χ1v) is 9.95. The van der Waals surface area contributed by atoms with E-state index in [1.54, 1.807) is 11.3 Å². The van der Waals surface area contributed by atoms with Gasteiger partial charge in [0.15, 0.2) is 0 Å². The molecule has 0 unspecified atom stereocenters. The Morgan fingerprint density at radius 3 is 3.00 bits per heavy atom. The maximum absolute atomic E-state index is 12.5. The van der Waals surface area contributed by atoms with Crippen molar-refractivity contribution >= 4 is 44.7 Å². The predicted octanol–water partition coefficient (Wildman–Crippen LogP) is 5.03. The van der Waals surface area contributed by atoms with Crippen molar-refractivity contribution in [2.75, 3.05) is 18.4 Å². The van der Waals surface area contributed by atoms with Crippen LogP contribution in [0.4, 0.5) is 5.69 Å². The third kappa shape index (κ3) is 3.61. The molecule has 1 aliphatic heterocycles. The molecule has 1 aromatic heterocycles. The van der Waals surface area contributed by atoms with Gasteiger partial charge in [-0.15, -0.1) is 11.3 Å². The third-order valence-corrected chi connectivity index (χ3v) is 6.15. The van der Waals surface area contributed by atoms with Crippen LogP contribution >= 0.6 is 22.9 Å². The van der Waals surface area contributed by atoms with Crippen molar-refractivity contribution in [3.63, 3.8) is 0 Å². The van der Waals surface area contributed by atoms with Crippen molar-refractivity contribution < 1.29 is 4.79 Å². The fourth-order valence-electron chi connectivity index (χ4n) is 3.42. The predicted molar refractivity (Wildman–Crippen MR) is 108 cm³/mol. The quantitative estimate of drug-likeness (QED) is 0.684. The van der Waals surface area contributed by atoms with Crippen molar-refractivity contribution in [1.82, 2.24) is 9.88 Å². The minimum Gasteiger partial charge on any atom is -0.324 e. The van der Waals surface area contributed by atoms with Gasteiger partial charge in [0.1, 0.15) is 5.01 Å². The van der Waals surface area contributed by atoms with Crippen LogP contribution in [0.25, 0.3) is 10.2 Å². The molecular weight excluding hydrogens is 366 g/mol. The van der Waals surface area contributed by atoms with Gasteiger partial charge in [0, 0.05) is 0 Å². The van der Waals surface area contributed by atoms with Gasteiger partial charge in [-0.3, -0.25) is 9.69 Å². The van der Waals surface area contributed by atoms with Gasteiger partial charge >= 0.3 is 0 Å². The van der Waals surface area contributed by atoms with Gasteiger partial charge in [-0.05, 0) is 56.1 Å². The number of hydrogen-bond donors (Lipinski definition) is 1. The number of rotatable bonds is 4. The molecule has 0 bridgehead atoms. The number of aryl methyl sites for hydroxylation is 1. The summed E-state index contributed by atoms with van der Waals surface area (Å²) in [5, 5.41) is 4.61. The van der Waals surface area contributed by atoms with Crippen LogP contribution in [0.2, 0.25) is 5.02 Å². The highest BCUT2D eigenvalue weighted by atomic mass is 35.5. The van der Waals surface area contributed by atoms with Crippen molar-refractivity contribution in [3.05, 3.63) is 58.1 Å². The number of carbonyl (C=O) groups excluding carboxylic acids is 1. The Morgan fingerprint density at radius 2 is 2.19 bits per heavy atom. The van der Waals surface area contributed by atoms with E-state index in [4.69, 9.17) is 16.6 Å². The molecule has 134 valence electrons. The summed E-state index contributed by atoms with van der Waals surface area (Å²) in [5.41, 5.74) is 2.77. The molecule has 1 fully saturated rings. The highest BCUT2D eigenvalue weighted by Crippen LogP contribution is 2.36. The average Bonchev–Trinajstić information content (AvgIpc) is 3.23. The van der Waals surface area contributed by atoms with E-state index in [2.05, 4.69) is 16.3 Å². The van der Waals surface area contributed by atoms with E-state index in [0.717, 1.165) is 35.5 Å². The zero-order valence-electron chi connectivity index (χ0n) is 14.5. The standard InChI is InChI=1S/C20H20ClN3OS/c1-13-8-9-15(14(21)11-13)22-19(25)12-24-10-4-6-17(24)20-23-16-5-2-3-7-18(16)26-20/h2-3,5,7-9,11,17H,4,6,10,12H2,1H3,(H,22,25)/t17-/m1/s1. The molecule has 0 saturated carbocycles. The number of hydrogen-bond acceptors (Lipinski definition) is 4. The third-order valence-electron chi connectivity index (χ3n) is 4.70. The molecule has 1 N–H and O–H groups in total. The van der Waals surface area contributed by atoms with E-state index in [1.807, 2.05) is 43.3 Å². The second kappa shape index (κ2) is 7.35. The number of halogens is 1. The van der Waals surface area contributed by atoms with Crippen LogP contribution in [-0.2, 0) is 4.79 Å². The molecule has 1 atom stereocenters. The summed E-state index contributed by atoms with van der Waals surface area (Å²) in [6.45, 7) is 3.24. The van der Waals surface area contributed by atoms with Gasteiger partial charge in [-0.1, -0.05) is 29.8 Å². The fourth-order valence-corrected chi connectivity index (χ4v) is 4.84. The number of amides is 1. The highest BCUT2D eigenvalue weighted by Gasteiger charge is 2.30. The number of para-hydroxylation sites is 1. The zero-order valence-corrected chi connectivity index (χ0v) is 16.1. The smallest absolute Gasteiger partial charge is 0.238 e. The number of nitrogens with one attached hydrogen (secondary N) is 1. The van der Waals surface area contributed by atoms with Gasteiger partial charge in [-0.25, -0.2) is 4.98 Å². The van der Waals surface area contributed by atoms with Crippen LogP contribution in [0, 0.1) is 6.92 Å². The number of aromatic nitrogens is 1. The minimum absolute atomic E-state index is 0.0382. The zero-order chi connectivity index (χ0) is 18.1. The second-order valence-corrected chi connectivity index (χ2v) is 8.15. The monoisotopic (exact) mass is 385 g/mol. The Bertz CT molecular complexity index is 922. The summed E-state index contributed by atoms with van der Waals surface area (Å²) in [6.07, 6.45) is 2.12. The largest absolute Gasteiger partial charge is 0.324 e. The van der Waals surface area contributed by atoms with E-state index in [-0.39, 0.29) is 11.9 Å². The van der Waals surface area contributed by atoms with E-state index in [0.29, 0.717) is 17.3 Å². The van der Waals surface area contributed by atoms with Crippen molar-refractivity contribution in [2.24, 2.45) is 0 Å². The Morgan fingerprint density at radius 1 is 1.35 bits per heavy atom. The van der Waals surface area contributed by atoms with Crippen LogP contribution in [0.1, 0.15) is 29.5 Å². The molecule has 6 heteroatoms. The Kier molecular flexibility index (Phi) is 4.94. The molecule has 3 aromatic rings. The first kappa shape index (κ1) is 17.5. The van der Waals surface area contributed by atoms with Gasteiger partial charge in [-0.2, -0.15) is 0 Å². The molecule has 1 aliphatic rings. The number of anilines is 1. The maximum atomic E-state index is 12.5. The molecule has 1 amide bonds. The Hall–Kier alpha value is -1.95. The number of fused-ring (bicyclic) bond motifs is 1. The molecule has 4 rings (SSSR count). The van der Waals surface area contributed by atoms with E-state index >= 15 is 0 Å². The molecule has 0 spiro atoms. The van der Waals surface area contributed by atoms with Crippen LogP contribution in [-0.4, -0.2) is 28.9 Å². The Labute approximate surface area is 161 Å². The first-order chi connectivity index (χ1) is 12.6. The maximum Gasteiger partial charge on any atom is 0.238 e. The van der Waals surface area contributed by atoms with Gasteiger partial charge in [0.2, 0.25) is 5.91 Å². The summed E-state index contributed by atoms with van der Waals surface area (Å²) in [5.74, 6) is -0.0382. The Balaban J connectivity index is 1.47. The second-order valence-electron chi connectivity index (χ2n) is 6.68. The van der Waals surface area contributed by atoms with E-state index in [1.165, 1.54) is 4.70 Å². The molecular formula is C20H20ClN3OS. The molecule has 0 radical (unpaired) electrons.